The Morgan fingerprint density at radius 1 is 1.40 bits per heavy atom. The van der Waals surface area contributed by atoms with Crippen molar-refractivity contribution in [2.75, 3.05) is 32.7 Å². The predicted octanol–water partition coefficient (Wildman–Crippen LogP) is 0.00738. The second kappa shape index (κ2) is 4.93. The van der Waals surface area contributed by atoms with Gasteiger partial charge >= 0.3 is 0 Å². The van der Waals surface area contributed by atoms with Crippen LogP contribution in [-0.4, -0.2) is 54.6 Å². The van der Waals surface area contributed by atoms with Gasteiger partial charge in [0.2, 0.25) is 0 Å². The van der Waals surface area contributed by atoms with E-state index >= 15 is 0 Å². The van der Waals surface area contributed by atoms with Gasteiger partial charge in [-0.1, -0.05) is 0 Å². The molecule has 0 spiro atoms. The van der Waals surface area contributed by atoms with E-state index in [9.17, 15) is 0 Å². The van der Waals surface area contributed by atoms with Crippen LogP contribution in [-0.2, 0) is 0 Å². The normalized spacial score (nSPS) is 29.7. The van der Waals surface area contributed by atoms with E-state index in [0.29, 0.717) is 0 Å². The number of hydrogen-bond acceptors (Lipinski definition) is 4. The van der Waals surface area contributed by atoms with Crippen molar-refractivity contribution in [2.45, 2.75) is 31.3 Å². The van der Waals surface area contributed by atoms with E-state index in [2.05, 4.69) is 15.9 Å². The third-order valence-corrected chi connectivity index (χ3v) is 3.59. The average Bonchev–Trinajstić information content (AvgIpc) is 2.72. The summed E-state index contributed by atoms with van der Waals surface area (Å²) in [5.74, 6) is 0. The van der Waals surface area contributed by atoms with Crippen LogP contribution >= 0.6 is 0 Å². The number of nitrogens with two attached hydrogens (primary N) is 1. The molecule has 2 aliphatic rings. The van der Waals surface area contributed by atoms with Crippen LogP contribution in [0.15, 0.2) is 0 Å². The van der Waals surface area contributed by atoms with Crippen LogP contribution in [0.25, 0.3) is 0 Å². The Kier molecular flexibility index (Phi) is 3.57. The Bertz CT molecular complexity index is 247. The molecule has 4 nitrogen and oxygen atoms in total. The molecule has 2 heterocycles. The van der Waals surface area contributed by atoms with E-state index in [1.165, 1.54) is 32.5 Å². The van der Waals surface area contributed by atoms with Gasteiger partial charge in [-0.25, -0.2) is 0 Å². The number of fused-ring (bicyclic) bond motifs is 1. The molecule has 0 aromatic carbocycles. The maximum absolute atomic E-state index is 8.61. The quantitative estimate of drug-likeness (QED) is 0.709. The molecule has 2 rings (SSSR count). The van der Waals surface area contributed by atoms with Crippen LogP contribution in [0.4, 0.5) is 0 Å². The van der Waals surface area contributed by atoms with E-state index in [4.69, 9.17) is 11.0 Å². The first-order chi connectivity index (χ1) is 7.29. The molecule has 2 saturated heterocycles. The third kappa shape index (κ3) is 2.69. The summed E-state index contributed by atoms with van der Waals surface area (Å²) in [5.41, 5.74) is 5.60. The number of rotatable bonds is 3. The summed E-state index contributed by atoms with van der Waals surface area (Å²) in [5, 5.41) is 8.61. The van der Waals surface area contributed by atoms with Crippen LogP contribution in [0.3, 0.4) is 0 Å². The van der Waals surface area contributed by atoms with Crippen molar-refractivity contribution in [1.82, 2.24) is 9.80 Å². The molecule has 0 aromatic rings. The van der Waals surface area contributed by atoms with Crippen molar-refractivity contribution >= 4 is 0 Å². The molecule has 84 valence electrons. The van der Waals surface area contributed by atoms with E-state index in [1.807, 2.05) is 0 Å². The fourth-order valence-corrected chi connectivity index (χ4v) is 2.64. The molecular formula is C11H20N4. The molecule has 0 amide bonds. The highest BCUT2D eigenvalue weighted by Gasteiger charge is 2.30. The van der Waals surface area contributed by atoms with Crippen LogP contribution in [0.1, 0.15) is 19.3 Å². The highest BCUT2D eigenvalue weighted by molar-refractivity contribution is 4.90. The van der Waals surface area contributed by atoms with Gasteiger partial charge < -0.3 is 10.6 Å². The average molecular weight is 208 g/mol. The summed E-state index contributed by atoms with van der Waals surface area (Å²) in [6.45, 7) is 5.80. The third-order valence-electron chi connectivity index (χ3n) is 3.59. The zero-order chi connectivity index (χ0) is 10.7. The van der Waals surface area contributed by atoms with Crippen molar-refractivity contribution in [3.05, 3.63) is 0 Å². The van der Waals surface area contributed by atoms with Gasteiger partial charge in [-0.15, -0.1) is 0 Å². The predicted molar refractivity (Wildman–Crippen MR) is 59.2 cm³/mol. The molecule has 2 fully saturated rings. The molecule has 2 unspecified atom stereocenters. The van der Waals surface area contributed by atoms with Crippen LogP contribution in [0.2, 0.25) is 0 Å². The molecule has 2 atom stereocenters. The Balaban J connectivity index is 1.73. The lowest BCUT2D eigenvalue weighted by molar-refractivity contribution is 0.103. The lowest BCUT2D eigenvalue weighted by atomic mass is 10.1. The van der Waals surface area contributed by atoms with Gasteiger partial charge in [0, 0.05) is 32.2 Å². The minimum Gasteiger partial charge on any atom is -0.316 e. The molecule has 0 aliphatic carbocycles. The molecule has 0 saturated carbocycles. The molecule has 2 N–H and O–H groups in total. The smallest absolute Gasteiger partial charge is 0.0940 e. The van der Waals surface area contributed by atoms with Gasteiger partial charge in [-0.3, -0.25) is 4.90 Å². The van der Waals surface area contributed by atoms with Crippen LogP contribution < -0.4 is 5.73 Å². The SMILES string of the molecule is N#CC(N)CCN1CCN2CCCC2C1. The fraction of sp³-hybridized carbons (Fsp3) is 0.909. The van der Waals surface area contributed by atoms with E-state index in [1.54, 1.807) is 0 Å². The maximum atomic E-state index is 8.61. The first kappa shape index (κ1) is 10.9. The summed E-state index contributed by atoms with van der Waals surface area (Å²) >= 11 is 0. The minimum atomic E-state index is -0.286. The molecule has 15 heavy (non-hydrogen) atoms. The molecule has 4 heteroatoms. The molecule has 0 radical (unpaired) electrons. The first-order valence-corrected chi connectivity index (χ1v) is 5.91. The lowest BCUT2D eigenvalue weighted by Crippen LogP contribution is -2.50. The van der Waals surface area contributed by atoms with Gasteiger partial charge in [0.05, 0.1) is 12.1 Å². The number of nitrogens with zero attached hydrogens (tertiary/aromatic N) is 3. The van der Waals surface area contributed by atoms with E-state index in [0.717, 1.165) is 25.6 Å². The second-order valence-electron chi connectivity index (χ2n) is 4.66. The zero-order valence-corrected chi connectivity index (χ0v) is 9.23. The summed E-state index contributed by atoms with van der Waals surface area (Å²) in [7, 11) is 0. The molecule has 2 aliphatic heterocycles. The fourth-order valence-electron chi connectivity index (χ4n) is 2.64. The highest BCUT2D eigenvalue weighted by Crippen LogP contribution is 2.21. The van der Waals surface area contributed by atoms with Gasteiger partial charge in [-0.2, -0.15) is 5.26 Å². The Morgan fingerprint density at radius 2 is 2.27 bits per heavy atom. The largest absolute Gasteiger partial charge is 0.316 e. The Morgan fingerprint density at radius 3 is 3.07 bits per heavy atom. The van der Waals surface area contributed by atoms with Gasteiger partial charge in [0.1, 0.15) is 0 Å². The number of nitriles is 1. The van der Waals surface area contributed by atoms with Crippen LogP contribution in [0.5, 0.6) is 0 Å². The standard InChI is InChI=1S/C11H20N4/c12-8-10(13)3-5-14-6-7-15-4-1-2-11(15)9-14/h10-11H,1-7,9,13H2. The maximum Gasteiger partial charge on any atom is 0.0940 e. The lowest BCUT2D eigenvalue weighted by Gasteiger charge is -2.37. The Labute approximate surface area is 91.6 Å². The summed E-state index contributed by atoms with van der Waals surface area (Å²) in [4.78, 5) is 5.06. The summed E-state index contributed by atoms with van der Waals surface area (Å²) < 4.78 is 0. The van der Waals surface area contributed by atoms with Crippen molar-refractivity contribution in [3.63, 3.8) is 0 Å². The van der Waals surface area contributed by atoms with Crippen molar-refractivity contribution in [2.24, 2.45) is 5.73 Å². The first-order valence-electron chi connectivity index (χ1n) is 5.91. The van der Waals surface area contributed by atoms with Crippen molar-refractivity contribution < 1.29 is 0 Å². The molecule has 0 aromatic heterocycles. The molecular weight excluding hydrogens is 188 g/mol. The topological polar surface area (TPSA) is 56.3 Å². The van der Waals surface area contributed by atoms with Gasteiger partial charge in [0.15, 0.2) is 0 Å². The van der Waals surface area contributed by atoms with E-state index in [-0.39, 0.29) is 6.04 Å². The van der Waals surface area contributed by atoms with Crippen LogP contribution in [0, 0.1) is 11.3 Å². The minimum absolute atomic E-state index is 0.286. The monoisotopic (exact) mass is 208 g/mol. The zero-order valence-electron chi connectivity index (χ0n) is 9.23. The Hall–Kier alpha value is -0.630. The number of hydrogen-bond donors (Lipinski definition) is 1. The number of piperazine rings is 1. The summed E-state index contributed by atoms with van der Waals surface area (Å²) in [6.07, 6.45) is 3.51. The highest BCUT2D eigenvalue weighted by atomic mass is 15.3. The second-order valence-corrected chi connectivity index (χ2v) is 4.66. The van der Waals surface area contributed by atoms with Crippen molar-refractivity contribution in [1.29, 1.82) is 5.26 Å². The van der Waals surface area contributed by atoms with Crippen molar-refractivity contribution in [3.8, 4) is 6.07 Å². The summed E-state index contributed by atoms with van der Waals surface area (Å²) in [6, 6.07) is 2.58. The van der Waals surface area contributed by atoms with E-state index < -0.39 is 0 Å². The molecule has 0 bridgehead atoms. The van der Waals surface area contributed by atoms with Gasteiger partial charge in [0.25, 0.3) is 0 Å². The van der Waals surface area contributed by atoms with Gasteiger partial charge in [-0.05, 0) is 25.8 Å².